The molecule has 0 saturated carbocycles. The van der Waals surface area contributed by atoms with E-state index in [1.165, 1.54) is 13.2 Å². The van der Waals surface area contributed by atoms with Gasteiger partial charge in [0.2, 0.25) is 0 Å². The van der Waals surface area contributed by atoms with Crippen LogP contribution in [0.3, 0.4) is 0 Å². The summed E-state index contributed by atoms with van der Waals surface area (Å²) in [7, 11) is 3.05. The third kappa shape index (κ3) is 3.63. The average Bonchev–Trinajstić information content (AvgIpc) is 2.52. The third-order valence-electron chi connectivity index (χ3n) is 2.97. The molecule has 0 fully saturated rings. The van der Waals surface area contributed by atoms with Crippen LogP contribution in [0.25, 0.3) is 6.08 Å². The quantitative estimate of drug-likeness (QED) is 0.676. The van der Waals surface area contributed by atoms with Crippen LogP contribution >= 0.6 is 0 Å². The van der Waals surface area contributed by atoms with Crippen molar-refractivity contribution in [2.45, 2.75) is 0 Å². The molecule has 0 unspecified atom stereocenters. The van der Waals surface area contributed by atoms with Gasteiger partial charge in [-0.25, -0.2) is 0 Å². The summed E-state index contributed by atoms with van der Waals surface area (Å²) in [6, 6.07) is 11.7. The lowest BCUT2D eigenvalue weighted by atomic mass is 10.1. The number of hydrogen-bond donors (Lipinski definition) is 1. The zero-order valence-corrected chi connectivity index (χ0v) is 11.9. The van der Waals surface area contributed by atoms with E-state index in [9.17, 15) is 9.90 Å². The minimum atomic E-state index is -0.200. The monoisotopic (exact) mass is 284 g/mol. The standard InChI is InChI=1S/C17H16O4/c1-20-14-7-9-17(21-2)15(11-14)16(19)8-6-12-4-3-5-13(18)10-12/h3-11,18H,1-2H3/b8-6+. The number of benzene rings is 2. The number of carbonyl (C=O) groups is 1. The lowest BCUT2D eigenvalue weighted by molar-refractivity contribution is 0.104. The first kappa shape index (κ1) is 14.7. The topological polar surface area (TPSA) is 55.8 Å². The molecule has 0 aliphatic heterocycles. The first-order valence-corrected chi connectivity index (χ1v) is 6.37. The number of hydrogen-bond acceptors (Lipinski definition) is 4. The molecule has 1 N–H and O–H groups in total. The van der Waals surface area contributed by atoms with Crippen molar-refractivity contribution in [1.29, 1.82) is 0 Å². The van der Waals surface area contributed by atoms with Crippen LogP contribution in [0.1, 0.15) is 15.9 Å². The van der Waals surface area contributed by atoms with Gasteiger partial charge in [-0.1, -0.05) is 18.2 Å². The molecule has 0 aromatic heterocycles. The molecular formula is C17H16O4. The summed E-state index contributed by atoms with van der Waals surface area (Å²) in [4.78, 5) is 12.3. The molecule has 2 rings (SSSR count). The van der Waals surface area contributed by atoms with Crippen LogP contribution in [0, 0.1) is 0 Å². The maximum Gasteiger partial charge on any atom is 0.189 e. The fourth-order valence-corrected chi connectivity index (χ4v) is 1.90. The van der Waals surface area contributed by atoms with Gasteiger partial charge in [-0.2, -0.15) is 0 Å². The fraction of sp³-hybridized carbons (Fsp3) is 0.118. The van der Waals surface area contributed by atoms with Crippen LogP contribution in [-0.4, -0.2) is 25.1 Å². The van der Waals surface area contributed by atoms with Crippen LogP contribution < -0.4 is 9.47 Å². The van der Waals surface area contributed by atoms with Crippen molar-refractivity contribution in [3.63, 3.8) is 0 Å². The van der Waals surface area contributed by atoms with E-state index in [2.05, 4.69) is 0 Å². The molecule has 0 aliphatic carbocycles. The number of rotatable bonds is 5. The Labute approximate surface area is 123 Å². The van der Waals surface area contributed by atoms with E-state index in [-0.39, 0.29) is 11.5 Å². The molecule has 4 heteroatoms. The molecule has 2 aromatic carbocycles. The van der Waals surface area contributed by atoms with E-state index in [1.807, 2.05) is 0 Å². The number of ketones is 1. The van der Waals surface area contributed by atoms with Gasteiger partial charge in [-0.05, 0) is 42.0 Å². The summed E-state index contributed by atoms with van der Waals surface area (Å²) in [5, 5.41) is 9.39. The molecule has 108 valence electrons. The van der Waals surface area contributed by atoms with Gasteiger partial charge in [0.1, 0.15) is 17.2 Å². The summed E-state index contributed by atoms with van der Waals surface area (Å²) in [6.07, 6.45) is 3.08. The lowest BCUT2D eigenvalue weighted by Gasteiger charge is -2.07. The second-order valence-corrected chi connectivity index (χ2v) is 4.36. The van der Waals surface area contributed by atoms with Gasteiger partial charge in [0.15, 0.2) is 5.78 Å². The van der Waals surface area contributed by atoms with E-state index in [0.29, 0.717) is 17.1 Å². The smallest absolute Gasteiger partial charge is 0.189 e. The Morgan fingerprint density at radius 1 is 1.10 bits per heavy atom. The van der Waals surface area contributed by atoms with Crippen molar-refractivity contribution in [3.8, 4) is 17.2 Å². The van der Waals surface area contributed by atoms with Crippen LogP contribution in [0.5, 0.6) is 17.2 Å². The number of phenolic OH excluding ortho intramolecular Hbond substituents is 1. The Bertz CT molecular complexity index is 674. The van der Waals surface area contributed by atoms with E-state index < -0.39 is 0 Å². The molecule has 0 atom stereocenters. The van der Waals surface area contributed by atoms with Gasteiger partial charge >= 0.3 is 0 Å². The number of methoxy groups -OCH3 is 2. The Kier molecular flexibility index (Phi) is 4.61. The van der Waals surface area contributed by atoms with E-state index in [1.54, 1.807) is 55.7 Å². The Morgan fingerprint density at radius 2 is 1.90 bits per heavy atom. The molecular weight excluding hydrogens is 268 g/mol. The molecule has 0 aliphatic rings. The highest BCUT2D eigenvalue weighted by molar-refractivity contribution is 6.08. The molecule has 0 spiro atoms. The second kappa shape index (κ2) is 6.61. The van der Waals surface area contributed by atoms with Gasteiger partial charge in [0.05, 0.1) is 19.8 Å². The lowest BCUT2D eigenvalue weighted by Crippen LogP contribution is -1.99. The first-order chi connectivity index (χ1) is 10.1. The molecule has 0 amide bonds. The summed E-state index contributed by atoms with van der Waals surface area (Å²) in [5.41, 5.74) is 1.17. The van der Waals surface area contributed by atoms with Crippen LogP contribution in [0.2, 0.25) is 0 Å². The Hall–Kier alpha value is -2.75. The van der Waals surface area contributed by atoms with E-state index in [4.69, 9.17) is 9.47 Å². The number of carbonyl (C=O) groups excluding carboxylic acids is 1. The van der Waals surface area contributed by atoms with E-state index in [0.717, 1.165) is 5.56 Å². The van der Waals surface area contributed by atoms with Crippen LogP contribution in [-0.2, 0) is 0 Å². The molecule has 0 saturated heterocycles. The first-order valence-electron chi connectivity index (χ1n) is 6.37. The van der Waals surface area contributed by atoms with Gasteiger partial charge in [0.25, 0.3) is 0 Å². The summed E-state index contributed by atoms with van der Waals surface area (Å²) in [5.74, 6) is 1.03. The zero-order valence-electron chi connectivity index (χ0n) is 11.9. The predicted octanol–water partition coefficient (Wildman–Crippen LogP) is 3.31. The number of aromatic hydroxyl groups is 1. The molecule has 0 radical (unpaired) electrons. The molecule has 4 nitrogen and oxygen atoms in total. The minimum Gasteiger partial charge on any atom is -0.508 e. The number of phenols is 1. The highest BCUT2D eigenvalue weighted by Crippen LogP contribution is 2.25. The molecule has 21 heavy (non-hydrogen) atoms. The SMILES string of the molecule is COc1ccc(OC)c(C(=O)/C=C/c2cccc(O)c2)c1. The molecule has 0 bridgehead atoms. The van der Waals surface area contributed by atoms with Crippen molar-refractivity contribution in [1.82, 2.24) is 0 Å². The average molecular weight is 284 g/mol. The predicted molar refractivity (Wildman–Crippen MR) is 81.0 cm³/mol. The van der Waals surface area contributed by atoms with Gasteiger partial charge in [-0.15, -0.1) is 0 Å². The highest BCUT2D eigenvalue weighted by atomic mass is 16.5. The summed E-state index contributed by atoms with van der Waals surface area (Å²) >= 11 is 0. The Balaban J connectivity index is 2.27. The van der Waals surface area contributed by atoms with Crippen molar-refractivity contribution in [3.05, 3.63) is 59.7 Å². The maximum atomic E-state index is 12.3. The van der Waals surface area contributed by atoms with Crippen molar-refractivity contribution < 1.29 is 19.4 Å². The van der Waals surface area contributed by atoms with Gasteiger partial charge in [0, 0.05) is 0 Å². The number of allylic oxidation sites excluding steroid dienone is 1. The maximum absolute atomic E-state index is 12.3. The van der Waals surface area contributed by atoms with Crippen molar-refractivity contribution in [2.75, 3.05) is 14.2 Å². The largest absolute Gasteiger partial charge is 0.508 e. The zero-order chi connectivity index (χ0) is 15.2. The summed E-state index contributed by atoms with van der Waals surface area (Å²) in [6.45, 7) is 0. The van der Waals surface area contributed by atoms with Crippen LogP contribution in [0.15, 0.2) is 48.5 Å². The molecule has 0 heterocycles. The summed E-state index contributed by atoms with van der Waals surface area (Å²) < 4.78 is 10.3. The van der Waals surface area contributed by atoms with Gasteiger partial charge in [-0.3, -0.25) is 4.79 Å². The van der Waals surface area contributed by atoms with Gasteiger partial charge < -0.3 is 14.6 Å². The third-order valence-corrected chi connectivity index (χ3v) is 2.97. The minimum absolute atomic E-state index is 0.156. The van der Waals surface area contributed by atoms with E-state index >= 15 is 0 Å². The second-order valence-electron chi connectivity index (χ2n) is 4.36. The number of ether oxygens (including phenoxy) is 2. The van der Waals surface area contributed by atoms with Crippen molar-refractivity contribution in [2.24, 2.45) is 0 Å². The van der Waals surface area contributed by atoms with Crippen molar-refractivity contribution >= 4 is 11.9 Å². The highest BCUT2D eigenvalue weighted by Gasteiger charge is 2.11. The fourth-order valence-electron chi connectivity index (χ4n) is 1.90. The Morgan fingerprint density at radius 3 is 2.57 bits per heavy atom. The molecule has 2 aromatic rings. The normalized spacial score (nSPS) is 10.6. The van der Waals surface area contributed by atoms with Crippen LogP contribution in [0.4, 0.5) is 0 Å².